The van der Waals surface area contributed by atoms with Crippen molar-refractivity contribution in [3.8, 4) is 0 Å². The van der Waals surface area contributed by atoms with Gasteiger partial charge in [0.05, 0.1) is 23.6 Å². The lowest BCUT2D eigenvalue weighted by Crippen LogP contribution is -2.39. The number of ether oxygens (including phenoxy) is 1. The third-order valence-corrected chi connectivity index (χ3v) is 4.35. The summed E-state index contributed by atoms with van der Waals surface area (Å²) in [5, 5.41) is 3.63. The zero-order valence-electron chi connectivity index (χ0n) is 14.3. The lowest BCUT2D eigenvalue weighted by molar-refractivity contribution is 0.0601. The molecule has 1 aromatic heterocycles. The molecule has 7 nitrogen and oxygen atoms in total. The number of methoxy groups -OCH3 is 1. The van der Waals surface area contributed by atoms with Gasteiger partial charge < -0.3 is 15.0 Å². The van der Waals surface area contributed by atoms with E-state index in [1.54, 1.807) is 0 Å². The third kappa shape index (κ3) is 4.21. The fourth-order valence-corrected chi connectivity index (χ4v) is 2.89. The highest BCUT2D eigenvalue weighted by Gasteiger charge is 2.11. The van der Waals surface area contributed by atoms with Crippen molar-refractivity contribution in [1.29, 1.82) is 0 Å². The zero-order valence-corrected chi connectivity index (χ0v) is 15.9. The number of fused-ring (bicyclic) bond motifs is 1. The van der Waals surface area contributed by atoms with E-state index in [9.17, 15) is 9.59 Å². The zero-order chi connectivity index (χ0) is 19.4. The Labute approximate surface area is 165 Å². The van der Waals surface area contributed by atoms with Crippen molar-refractivity contribution >= 4 is 46.4 Å². The number of carbonyl (C=O) groups excluding carboxylic acids is 1. The fraction of sp³-hybridized carbons (Fsp3) is 0.111. The van der Waals surface area contributed by atoms with Gasteiger partial charge in [-0.15, -0.1) is 0 Å². The Hall–Kier alpha value is -3.04. The van der Waals surface area contributed by atoms with E-state index in [-0.39, 0.29) is 15.4 Å². The summed E-state index contributed by atoms with van der Waals surface area (Å²) in [5.74, 6) is -0.496. The van der Waals surface area contributed by atoms with Crippen molar-refractivity contribution in [2.75, 3.05) is 12.5 Å². The number of aromatic amines is 1. The molecule has 0 aliphatic rings. The van der Waals surface area contributed by atoms with Gasteiger partial charge in [0.2, 0.25) is 0 Å². The van der Waals surface area contributed by atoms with E-state index >= 15 is 0 Å². The Morgan fingerprint density at radius 3 is 2.67 bits per heavy atom. The summed E-state index contributed by atoms with van der Waals surface area (Å²) in [6.45, 7) is 0.508. The number of thiocarbonyl (C=S) groups is 1. The summed E-state index contributed by atoms with van der Waals surface area (Å²) in [6, 6.07) is 14.3. The Balaban J connectivity index is 1.84. The summed E-state index contributed by atoms with van der Waals surface area (Å²) in [4.78, 5) is 27.3. The molecule has 0 saturated heterocycles. The van der Waals surface area contributed by atoms with Gasteiger partial charge in [-0.3, -0.25) is 10.2 Å². The van der Waals surface area contributed by atoms with Crippen molar-refractivity contribution < 1.29 is 9.53 Å². The maximum Gasteiger partial charge on any atom is 0.337 e. The molecule has 0 saturated carbocycles. The predicted octanol–water partition coefficient (Wildman–Crippen LogP) is 2.46. The average molecular weight is 400 g/mol. The summed E-state index contributed by atoms with van der Waals surface area (Å²) in [6.07, 6.45) is 0. The van der Waals surface area contributed by atoms with E-state index in [4.69, 9.17) is 24.4 Å². The van der Waals surface area contributed by atoms with E-state index in [0.29, 0.717) is 23.0 Å². The van der Waals surface area contributed by atoms with E-state index < -0.39 is 5.97 Å². The van der Waals surface area contributed by atoms with Crippen LogP contribution in [0.25, 0.3) is 10.9 Å². The van der Waals surface area contributed by atoms with Crippen LogP contribution in [0, 0.1) is 4.77 Å². The number of benzene rings is 2. The van der Waals surface area contributed by atoms with Crippen LogP contribution in [0.1, 0.15) is 15.9 Å². The van der Waals surface area contributed by atoms with Crippen LogP contribution in [0.3, 0.4) is 0 Å². The minimum atomic E-state index is -0.496. The van der Waals surface area contributed by atoms with Crippen LogP contribution in [-0.4, -0.2) is 27.9 Å². The lowest BCUT2D eigenvalue weighted by Gasteiger charge is -2.13. The van der Waals surface area contributed by atoms with Crippen LogP contribution in [0.4, 0.5) is 0 Å². The van der Waals surface area contributed by atoms with Crippen molar-refractivity contribution in [3.05, 3.63) is 74.8 Å². The maximum absolute atomic E-state index is 12.7. The minimum Gasteiger partial charge on any atom is -0.465 e. The highest BCUT2D eigenvalue weighted by atomic mass is 32.1. The first-order valence-corrected chi connectivity index (χ1v) is 8.77. The molecule has 1 heterocycles. The first-order chi connectivity index (χ1) is 13.0. The highest BCUT2D eigenvalue weighted by molar-refractivity contribution is 7.80. The molecule has 0 amide bonds. The van der Waals surface area contributed by atoms with Gasteiger partial charge >= 0.3 is 5.97 Å². The first kappa shape index (κ1) is 18.7. The molecule has 27 heavy (non-hydrogen) atoms. The number of nitrogens with one attached hydrogen (secondary N) is 3. The van der Waals surface area contributed by atoms with Crippen LogP contribution in [0.5, 0.6) is 0 Å². The largest absolute Gasteiger partial charge is 0.465 e. The fourth-order valence-electron chi connectivity index (χ4n) is 2.48. The second-order valence-corrected chi connectivity index (χ2v) is 6.40. The molecule has 0 aliphatic heterocycles. The second kappa shape index (κ2) is 8.11. The molecule has 0 radical (unpaired) electrons. The van der Waals surface area contributed by atoms with Crippen molar-refractivity contribution in [1.82, 2.24) is 15.0 Å². The average Bonchev–Trinajstić information content (AvgIpc) is 2.69. The monoisotopic (exact) mass is 400 g/mol. The smallest absolute Gasteiger partial charge is 0.337 e. The van der Waals surface area contributed by atoms with Crippen molar-refractivity contribution in [2.24, 2.45) is 0 Å². The van der Waals surface area contributed by atoms with Crippen LogP contribution in [0.2, 0.25) is 0 Å². The second-order valence-electron chi connectivity index (χ2n) is 5.60. The van der Waals surface area contributed by atoms with Crippen LogP contribution >= 0.6 is 24.4 Å². The predicted molar refractivity (Wildman–Crippen MR) is 110 cm³/mol. The highest BCUT2D eigenvalue weighted by Crippen LogP contribution is 2.11. The Bertz CT molecular complexity index is 1120. The molecule has 3 rings (SSSR count). The summed E-state index contributed by atoms with van der Waals surface area (Å²) >= 11 is 10.5. The van der Waals surface area contributed by atoms with Gasteiger partial charge in [-0.2, -0.15) is 4.68 Å². The van der Waals surface area contributed by atoms with Crippen molar-refractivity contribution in [2.45, 2.75) is 6.54 Å². The third-order valence-electron chi connectivity index (χ3n) is 3.83. The van der Waals surface area contributed by atoms with Gasteiger partial charge in [0.15, 0.2) is 9.88 Å². The van der Waals surface area contributed by atoms with Crippen LogP contribution in [0.15, 0.2) is 53.3 Å². The van der Waals surface area contributed by atoms with Gasteiger partial charge in [0, 0.05) is 6.54 Å². The van der Waals surface area contributed by atoms with Gasteiger partial charge in [-0.25, -0.2) is 4.79 Å². The van der Waals surface area contributed by atoms with E-state index in [2.05, 4.69) is 20.5 Å². The van der Waals surface area contributed by atoms with E-state index in [1.807, 2.05) is 30.3 Å². The number of H-pyrrole nitrogens is 1. The molecular formula is C18H16N4O3S2. The van der Waals surface area contributed by atoms with Crippen LogP contribution < -0.4 is 16.3 Å². The Morgan fingerprint density at radius 2 is 1.96 bits per heavy atom. The van der Waals surface area contributed by atoms with Crippen molar-refractivity contribution in [3.63, 3.8) is 0 Å². The molecule has 0 spiro atoms. The molecular weight excluding hydrogens is 384 g/mol. The quantitative estimate of drug-likeness (QED) is 0.458. The summed E-state index contributed by atoms with van der Waals surface area (Å²) in [5.41, 5.74) is 4.21. The number of carbonyl (C=O) groups is 1. The molecule has 0 fully saturated rings. The maximum atomic E-state index is 12.7. The minimum absolute atomic E-state index is 0.123. The molecule has 9 heteroatoms. The summed E-state index contributed by atoms with van der Waals surface area (Å²) < 4.78 is 5.96. The molecule has 0 aliphatic carbocycles. The van der Waals surface area contributed by atoms with Gasteiger partial charge in [0.25, 0.3) is 5.56 Å². The van der Waals surface area contributed by atoms with Gasteiger partial charge in [-0.05, 0) is 48.2 Å². The molecule has 3 N–H and O–H groups in total. The Kier molecular flexibility index (Phi) is 5.63. The molecule has 2 aromatic carbocycles. The molecule has 3 aromatic rings. The topological polar surface area (TPSA) is 88.2 Å². The molecule has 0 unspecified atom stereocenters. The number of nitrogens with zero attached hydrogens (tertiary/aromatic N) is 1. The number of esters is 1. The van der Waals surface area contributed by atoms with E-state index in [1.165, 1.54) is 25.3 Å². The van der Waals surface area contributed by atoms with Crippen LogP contribution in [-0.2, 0) is 11.3 Å². The normalized spacial score (nSPS) is 10.4. The number of hydrogen-bond donors (Lipinski definition) is 3. The molecule has 138 valence electrons. The van der Waals surface area contributed by atoms with E-state index in [0.717, 1.165) is 10.2 Å². The van der Waals surface area contributed by atoms with Gasteiger partial charge in [-0.1, -0.05) is 30.3 Å². The standard InChI is InChI=1S/C18H16N4O3S2/c1-25-16(24)12-7-8-13-14(9-12)20-18(27)22(15(13)23)21-17(26)19-10-11-5-3-2-4-6-11/h2-9H,10H2,1H3,(H,20,27)(H2,19,21,26). The lowest BCUT2D eigenvalue weighted by atomic mass is 10.1. The Morgan fingerprint density at radius 1 is 1.22 bits per heavy atom. The molecule has 0 atom stereocenters. The number of hydrogen-bond acceptors (Lipinski definition) is 5. The summed E-state index contributed by atoms with van der Waals surface area (Å²) in [7, 11) is 1.29. The SMILES string of the molecule is COC(=O)c1ccc2c(=O)n(NC(=S)NCc3ccccc3)c(=S)[nH]c2c1. The molecule has 0 bridgehead atoms. The number of rotatable bonds is 4. The number of aromatic nitrogens is 2. The van der Waals surface area contributed by atoms with Gasteiger partial charge in [0.1, 0.15) is 0 Å². The first-order valence-electron chi connectivity index (χ1n) is 7.96.